The van der Waals surface area contributed by atoms with Gasteiger partial charge in [-0.2, -0.15) is 0 Å². The van der Waals surface area contributed by atoms with Crippen molar-refractivity contribution in [3.8, 4) is 0 Å². The number of hydrogen-bond donors (Lipinski definition) is 1. The van der Waals surface area contributed by atoms with Gasteiger partial charge in [0.25, 0.3) is 0 Å². The van der Waals surface area contributed by atoms with E-state index in [9.17, 15) is 4.79 Å². The van der Waals surface area contributed by atoms with Crippen LogP contribution >= 0.6 is 0 Å². The quantitative estimate of drug-likeness (QED) is 0.934. The highest BCUT2D eigenvalue weighted by molar-refractivity contribution is 5.83. The van der Waals surface area contributed by atoms with E-state index in [0.29, 0.717) is 17.9 Å². The van der Waals surface area contributed by atoms with Crippen molar-refractivity contribution >= 4 is 16.9 Å². The summed E-state index contributed by atoms with van der Waals surface area (Å²) >= 11 is 0. The Hall–Kier alpha value is -1.88. The van der Waals surface area contributed by atoms with Gasteiger partial charge in [0.1, 0.15) is 5.65 Å². The van der Waals surface area contributed by atoms with Crippen LogP contribution in [0.1, 0.15) is 51.0 Å². The highest BCUT2D eigenvalue weighted by Gasteiger charge is 2.36. The summed E-state index contributed by atoms with van der Waals surface area (Å²) in [7, 11) is 0. The summed E-state index contributed by atoms with van der Waals surface area (Å²) in [5.41, 5.74) is 2.37. The second-order valence-electron chi connectivity index (χ2n) is 7.74. The lowest BCUT2D eigenvalue weighted by Gasteiger charge is -2.42. The van der Waals surface area contributed by atoms with Crippen molar-refractivity contribution in [2.24, 2.45) is 0 Å². The van der Waals surface area contributed by atoms with Crippen molar-refractivity contribution in [1.29, 1.82) is 0 Å². The lowest BCUT2D eigenvalue weighted by Crippen LogP contribution is -2.55. The predicted molar refractivity (Wildman–Crippen MR) is 99.5 cm³/mol. The first-order chi connectivity index (χ1) is 12.1. The molecule has 0 spiro atoms. The summed E-state index contributed by atoms with van der Waals surface area (Å²) < 4.78 is 0. The molecule has 4 heterocycles. The van der Waals surface area contributed by atoms with Crippen molar-refractivity contribution in [1.82, 2.24) is 19.8 Å². The second kappa shape index (κ2) is 6.79. The first kappa shape index (κ1) is 16.6. The molecule has 1 unspecified atom stereocenters. The number of hydrogen-bond acceptors (Lipinski definition) is 3. The van der Waals surface area contributed by atoms with Crippen LogP contribution in [0.15, 0.2) is 24.5 Å². The van der Waals surface area contributed by atoms with E-state index in [2.05, 4.69) is 45.9 Å². The molecule has 25 heavy (non-hydrogen) atoms. The van der Waals surface area contributed by atoms with E-state index in [0.717, 1.165) is 51.0 Å². The van der Waals surface area contributed by atoms with E-state index in [4.69, 9.17) is 0 Å². The molecule has 2 aliphatic heterocycles. The molecule has 0 bridgehead atoms. The van der Waals surface area contributed by atoms with Gasteiger partial charge in [-0.1, -0.05) is 0 Å². The minimum Gasteiger partial charge on any atom is -0.346 e. The normalized spacial score (nSPS) is 23.7. The molecule has 2 aromatic heterocycles. The Kier molecular flexibility index (Phi) is 4.50. The molecular weight excluding hydrogens is 312 g/mol. The number of carbonyl (C=O) groups excluding carboxylic acids is 1. The third-order valence-electron chi connectivity index (χ3n) is 5.96. The number of amides is 1. The maximum Gasteiger partial charge on any atom is 0.240 e. The van der Waals surface area contributed by atoms with Crippen molar-refractivity contribution in [3.63, 3.8) is 0 Å². The van der Waals surface area contributed by atoms with Gasteiger partial charge < -0.3 is 9.88 Å². The van der Waals surface area contributed by atoms with Crippen LogP contribution in [0.4, 0.5) is 0 Å². The number of fused-ring (bicyclic) bond motifs is 1. The van der Waals surface area contributed by atoms with Crippen LogP contribution in [0, 0.1) is 0 Å². The Morgan fingerprint density at radius 2 is 2.00 bits per heavy atom. The Morgan fingerprint density at radius 1 is 1.20 bits per heavy atom. The number of aromatic nitrogens is 2. The predicted octanol–water partition coefficient (Wildman–Crippen LogP) is 3.14. The molecule has 134 valence electrons. The number of carbonyl (C=O) groups is 1. The van der Waals surface area contributed by atoms with Gasteiger partial charge in [0.15, 0.2) is 0 Å². The molecule has 5 heteroatoms. The first-order valence-corrected chi connectivity index (χ1v) is 9.61. The number of nitrogens with one attached hydrogen (secondary N) is 1. The van der Waals surface area contributed by atoms with Crippen LogP contribution < -0.4 is 0 Å². The summed E-state index contributed by atoms with van der Waals surface area (Å²) in [6.07, 6.45) is 8.34. The van der Waals surface area contributed by atoms with Crippen LogP contribution in [0.25, 0.3) is 11.0 Å². The average Bonchev–Trinajstić information content (AvgIpc) is 3.06. The highest BCUT2D eigenvalue weighted by atomic mass is 16.2. The number of nitrogens with zero attached hydrogens (tertiary/aromatic N) is 3. The van der Waals surface area contributed by atoms with Crippen molar-refractivity contribution in [3.05, 3.63) is 30.1 Å². The maximum atomic E-state index is 12.8. The van der Waals surface area contributed by atoms with Gasteiger partial charge in [-0.3, -0.25) is 9.69 Å². The number of rotatable bonds is 3. The van der Waals surface area contributed by atoms with Gasteiger partial charge in [0, 0.05) is 30.4 Å². The van der Waals surface area contributed by atoms with Gasteiger partial charge in [-0.05, 0) is 76.2 Å². The maximum absolute atomic E-state index is 12.8. The van der Waals surface area contributed by atoms with Crippen LogP contribution in [0.3, 0.4) is 0 Å². The molecule has 2 saturated heterocycles. The van der Waals surface area contributed by atoms with Crippen molar-refractivity contribution in [2.45, 2.75) is 57.5 Å². The molecule has 1 N–H and O–H groups in total. The summed E-state index contributed by atoms with van der Waals surface area (Å²) in [5, 5.41) is 1.25. The van der Waals surface area contributed by atoms with Gasteiger partial charge in [-0.15, -0.1) is 0 Å². The Morgan fingerprint density at radius 3 is 2.76 bits per heavy atom. The number of aromatic amines is 1. The zero-order valence-corrected chi connectivity index (χ0v) is 15.2. The van der Waals surface area contributed by atoms with Crippen molar-refractivity contribution < 1.29 is 4.79 Å². The minimum atomic E-state index is 0.0988. The molecule has 0 saturated carbocycles. The fourth-order valence-corrected chi connectivity index (χ4v) is 4.57. The molecular formula is C20H28N4O. The van der Waals surface area contributed by atoms with Gasteiger partial charge in [0.05, 0.1) is 6.04 Å². The minimum absolute atomic E-state index is 0.0988. The van der Waals surface area contributed by atoms with E-state index < -0.39 is 0 Å². The number of H-pyrrole nitrogens is 1. The summed E-state index contributed by atoms with van der Waals surface area (Å²) in [4.78, 5) is 25.0. The van der Waals surface area contributed by atoms with Gasteiger partial charge in [0.2, 0.25) is 5.91 Å². The van der Waals surface area contributed by atoms with E-state index in [1.165, 1.54) is 10.9 Å². The second-order valence-corrected chi connectivity index (χ2v) is 7.74. The standard InChI is InChI=1S/C20H28N4O/c1-14(2)24-10-4-6-18(20(24)25)23-11-7-15(8-12-23)17-13-22-19-16(17)5-3-9-21-19/h3,5,9,13-15,18H,4,6-8,10-12H2,1-2H3,(H,21,22). The lowest BCUT2D eigenvalue weighted by atomic mass is 9.88. The molecule has 2 fully saturated rings. The Labute approximate surface area is 149 Å². The molecule has 1 atom stereocenters. The molecule has 1 amide bonds. The molecule has 5 nitrogen and oxygen atoms in total. The first-order valence-electron chi connectivity index (χ1n) is 9.61. The molecule has 2 aromatic rings. The van der Waals surface area contributed by atoms with Gasteiger partial charge in [-0.25, -0.2) is 4.98 Å². The molecule has 0 aromatic carbocycles. The van der Waals surface area contributed by atoms with Crippen molar-refractivity contribution in [2.75, 3.05) is 19.6 Å². The third-order valence-corrected chi connectivity index (χ3v) is 5.96. The van der Waals surface area contributed by atoms with Gasteiger partial charge >= 0.3 is 0 Å². The van der Waals surface area contributed by atoms with Crippen LogP contribution in [-0.4, -0.2) is 57.4 Å². The SMILES string of the molecule is CC(C)N1CCCC(N2CCC(c3c[nH]c4ncccc34)CC2)C1=O. The van der Waals surface area contributed by atoms with E-state index in [1.54, 1.807) is 0 Å². The van der Waals surface area contributed by atoms with E-state index in [1.807, 2.05) is 12.3 Å². The largest absolute Gasteiger partial charge is 0.346 e. The summed E-state index contributed by atoms with van der Waals surface area (Å²) in [6, 6.07) is 4.58. The van der Waals surface area contributed by atoms with Crippen LogP contribution in [-0.2, 0) is 4.79 Å². The molecule has 4 rings (SSSR count). The summed E-state index contributed by atoms with van der Waals surface area (Å²) in [5.74, 6) is 0.907. The monoisotopic (exact) mass is 340 g/mol. The number of piperidine rings is 2. The smallest absolute Gasteiger partial charge is 0.240 e. The fourth-order valence-electron chi connectivity index (χ4n) is 4.57. The lowest BCUT2D eigenvalue weighted by molar-refractivity contribution is -0.142. The average molecular weight is 340 g/mol. The molecule has 0 radical (unpaired) electrons. The molecule has 0 aliphatic carbocycles. The number of likely N-dealkylation sites (tertiary alicyclic amines) is 2. The Bertz CT molecular complexity index is 745. The van der Waals surface area contributed by atoms with Crippen LogP contribution in [0.2, 0.25) is 0 Å². The number of pyridine rings is 1. The topological polar surface area (TPSA) is 52.2 Å². The Balaban J connectivity index is 1.44. The third kappa shape index (κ3) is 3.06. The zero-order chi connectivity index (χ0) is 17.4. The van der Waals surface area contributed by atoms with Crippen LogP contribution in [0.5, 0.6) is 0 Å². The zero-order valence-electron chi connectivity index (χ0n) is 15.2. The van der Waals surface area contributed by atoms with E-state index in [-0.39, 0.29) is 6.04 Å². The summed E-state index contributed by atoms with van der Waals surface area (Å²) in [6.45, 7) is 7.20. The molecule has 2 aliphatic rings. The highest BCUT2D eigenvalue weighted by Crippen LogP contribution is 2.34. The fraction of sp³-hybridized carbons (Fsp3) is 0.600. The van der Waals surface area contributed by atoms with E-state index >= 15 is 0 Å².